The van der Waals surface area contributed by atoms with Gasteiger partial charge in [-0.05, 0) is 32.8 Å². The maximum atomic E-state index is 12.1. The van der Waals surface area contributed by atoms with Crippen LogP contribution >= 0.6 is 0 Å². The minimum Gasteiger partial charge on any atom is -0.496 e. The van der Waals surface area contributed by atoms with Crippen molar-refractivity contribution in [3.63, 3.8) is 0 Å². The van der Waals surface area contributed by atoms with Gasteiger partial charge in [0.15, 0.2) is 0 Å². The second-order valence-corrected chi connectivity index (χ2v) is 5.90. The molecule has 0 aliphatic heterocycles. The minimum absolute atomic E-state index is 0.0398. The van der Waals surface area contributed by atoms with Crippen LogP contribution < -0.4 is 15.4 Å². The molecule has 0 bridgehead atoms. The molecule has 0 radical (unpaired) electrons. The van der Waals surface area contributed by atoms with Crippen molar-refractivity contribution in [2.75, 3.05) is 13.7 Å². The molecule has 116 valence electrons. The van der Waals surface area contributed by atoms with E-state index in [1.807, 2.05) is 26.0 Å². The Morgan fingerprint density at radius 2 is 2.10 bits per heavy atom. The molecular weight excluding hydrogens is 264 g/mol. The first-order valence-electron chi connectivity index (χ1n) is 7.77. The number of methoxy groups -OCH3 is 1. The summed E-state index contributed by atoms with van der Waals surface area (Å²) in [7, 11) is 1.66. The van der Waals surface area contributed by atoms with Crippen LogP contribution in [0.2, 0.25) is 0 Å². The minimum atomic E-state index is -0.0577. The smallest absolute Gasteiger partial charge is 0.234 e. The SMILES string of the molecule is COc1ccc(C)cc1C(C)NC(=O)CNC1CCCC1. The van der Waals surface area contributed by atoms with Gasteiger partial charge in [-0.15, -0.1) is 0 Å². The third-order valence-corrected chi connectivity index (χ3v) is 4.14. The van der Waals surface area contributed by atoms with Crippen molar-refractivity contribution >= 4 is 5.91 Å². The molecule has 21 heavy (non-hydrogen) atoms. The Morgan fingerprint density at radius 1 is 1.38 bits per heavy atom. The number of nitrogens with one attached hydrogen (secondary N) is 2. The lowest BCUT2D eigenvalue weighted by atomic mass is 10.0. The number of aryl methyl sites for hydroxylation is 1. The molecule has 4 nitrogen and oxygen atoms in total. The molecule has 1 aliphatic carbocycles. The van der Waals surface area contributed by atoms with Crippen LogP contribution in [-0.2, 0) is 4.79 Å². The number of ether oxygens (including phenoxy) is 1. The maximum Gasteiger partial charge on any atom is 0.234 e. The van der Waals surface area contributed by atoms with E-state index in [1.54, 1.807) is 7.11 Å². The average molecular weight is 290 g/mol. The van der Waals surface area contributed by atoms with Crippen LogP contribution in [0.4, 0.5) is 0 Å². The average Bonchev–Trinajstić information content (AvgIpc) is 2.98. The molecule has 0 heterocycles. The van der Waals surface area contributed by atoms with Crippen LogP contribution in [0.1, 0.15) is 49.8 Å². The van der Waals surface area contributed by atoms with Gasteiger partial charge in [-0.3, -0.25) is 4.79 Å². The number of hydrogen-bond acceptors (Lipinski definition) is 3. The van der Waals surface area contributed by atoms with E-state index in [2.05, 4.69) is 16.7 Å². The molecule has 1 fully saturated rings. The molecule has 0 saturated heterocycles. The predicted octanol–water partition coefficient (Wildman–Crippen LogP) is 2.71. The largest absolute Gasteiger partial charge is 0.496 e. The summed E-state index contributed by atoms with van der Waals surface area (Å²) in [5.74, 6) is 0.857. The van der Waals surface area contributed by atoms with Gasteiger partial charge in [-0.1, -0.05) is 30.5 Å². The maximum absolute atomic E-state index is 12.1. The number of carbonyl (C=O) groups is 1. The first kappa shape index (κ1) is 15.8. The highest BCUT2D eigenvalue weighted by Gasteiger charge is 2.17. The van der Waals surface area contributed by atoms with Crippen LogP contribution in [0.5, 0.6) is 5.75 Å². The van der Waals surface area contributed by atoms with E-state index in [1.165, 1.54) is 25.7 Å². The van der Waals surface area contributed by atoms with Gasteiger partial charge in [0.25, 0.3) is 0 Å². The number of hydrogen-bond donors (Lipinski definition) is 2. The second kappa shape index (κ2) is 7.46. The summed E-state index contributed by atoms with van der Waals surface area (Å²) in [6.07, 6.45) is 4.93. The predicted molar refractivity (Wildman–Crippen MR) is 84.5 cm³/mol. The van der Waals surface area contributed by atoms with Gasteiger partial charge < -0.3 is 15.4 Å². The van der Waals surface area contributed by atoms with E-state index in [4.69, 9.17) is 4.74 Å². The molecule has 4 heteroatoms. The van der Waals surface area contributed by atoms with Gasteiger partial charge >= 0.3 is 0 Å². The van der Waals surface area contributed by atoms with E-state index in [0.717, 1.165) is 16.9 Å². The van der Waals surface area contributed by atoms with Crippen molar-refractivity contribution in [1.82, 2.24) is 10.6 Å². The van der Waals surface area contributed by atoms with Crippen molar-refractivity contribution in [3.05, 3.63) is 29.3 Å². The zero-order valence-corrected chi connectivity index (χ0v) is 13.2. The molecule has 1 aromatic carbocycles. The fourth-order valence-corrected chi connectivity index (χ4v) is 2.93. The summed E-state index contributed by atoms with van der Waals surface area (Å²) in [5.41, 5.74) is 2.18. The molecule has 1 atom stereocenters. The van der Waals surface area contributed by atoms with E-state index < -0.39 is 0 Å². The number of amides is 1. The molecule has 2 rings (SSSR count). The van der Waals surface area contributed by atoms with Gasteiger partial charge in [-0.25, -0.2) is 0 Å². The third kappa shape index (κ3) is 4.46. The zero-order chi connectivity index (χ0) is 15.2. The highest BCUT2D eigenvalue weighted by atomic mass is 16.5. The molecule has 1 unspecified atom stereocenters. The van der Waals surface area contributed by atoms with Gasteiger partial charge in [0.2, 0.25) is 5.91 Å². The van der Waals surface area contributed by atoms with Gasteiger partial charge in [0, 0.05) is 11.6 Å². The van der Waals surface area contributed by atoms with Crippen molar-refractivity contribution < 1.29 is 9.53 Å². The van der Waals surface area contributed by atoms with Crippen molar-refractivity contribution in [2.24, 2.45) is 0 Å². The summed E-state index contributed by atoms with van der Waals surface area (Å²) in [6.45, 7) is 4.42. The molecule has 2 N–H and O–H groups in total. The van der Waals surface area contributed by atoms with Crippen molar-refractivity contribution in [3.8, 4) is 5.75 Å². The van der Waals surface area contributed by atoms with E-state index in [9.17, 15) is 4.79 Å². The third-order valence-electron chi connectivity index (χ3n) is 4.14. The number of carbonyl (C=O) groups excluding carboxylic acids is 1. The van der Waals surface area contributed by atoms with Gasteiger partial charge in [-0.2, -0.15) is 0 Å². The standard InChI is InChI=1S/C17H26N2O2/c1-12-8-9-16(21-3)15(10-12)13(2)19-17(20)11-18-14-6-4-5-7-14/h8-10,13-14,18H,4-7,11H2,1-3H3,(H,19,20). The van der Waals surface area contributed by atoms with E-state index in [0.29, 0.717) is 12.6 Å². The number of rotatable bonds is 6. The van der Waals surface area contributed by atoms with Crippen LogP contribution in [0.15, 0.2) is 18.2 Å². The van der Waals surface area contributed by atoms with Gasteiger partial charge in [0.05, 0.1) is 19.7 Å². The number of benzene rings is 1. The fourth-order valence-electron chi connectivity index (χ4n) is 2.93. The highest BCUT2D eigenvalue weighted by Crippen LogP contribution is 2.26. The van der Waals surface area contributed by atoms with Crippen molar-refractivity contribution in [2.45, 2.75) is 51.6 Å². The lowest BCUT2D eigenvalue weighted by molar-refractivity contribution is -0.121. The Kier molecular flexibility index (Phi) is 5.62. The van der Waals surface area contributed by atoms with Gasteiger partial charge in [0.1, 0.15) is 5.75 Å². The fraction of sp³-hybridized carbons (Fsp3) is 0.588. The molecular formula is C17H26N2O2. The normalized spacial score (nSPS) is 16.7. The first-order valence-corrected chi connectivity index (χ1v) is 7.77. The second-order valence-electron chi connectivity index (χ2n) is 5.90. The summed E-state index contributed by atoms with van der Waals surface area (Å²) in [6, 6.07) is 6.48. The first-order chi connectivity index (χ1) is 10.1. The quantitative estimate of drug-likeness (QED) is 0.847. The Morgan fingerprint density at radius 3 is 2.76 bits per heavy atom. The topological polar surface area (TPSA) is 50.4 Å². The molecule has 1 aromatic rings. The zero-order valence-electron chi connectivity index (χ0n) is 13.2. The lowest BCUT2D eigenvalue weighted by Crippen LogP contribution is -2.39. The lowest BCUT2D eigenvalue weighted by Gasteiger charge is -2.19. The Bertz CT molecular complexity index is 482. The molecule has 1 aliphatic rings. The summed E-state index contributed by atoms with van der Waals surface area (Å²) < 4.78 is 5.38. The Labute approximate surface area is 127 Å². The van der Waals surface area contributed by atoms with E-state index in [-0.39, 0.29) is 11.9 Å². The van der Waals surface area contributed by atoms with Crippen LogP contribution in [0, 0.1) is 6.92 Å². The summed E-state index contributed by atoms with van der Waals surface area (Å²) in [5, 5.41) is 6.38. The molecule has 1 amide bonds. The molecule has 1 saturated carbocycles. The van der Waals surface area contributed by atoms with E-state index >= 15 is 0 Å². The summed E-state index contributed by atoms with van der Waals surface area (Å²) in [4.78, 5) is 12.1. The monoisotopic (exact) mass is 290 g/mol. The Hall–Kier alpha value is -1.55. The van der Waals surface area contributed by atoms with Crippen molar-refractivity contribution in [1.29, 1.82) is 0 Å². The van der Waals surface area contributed by atoms with Crippen LogP contribution in [-0.4, -0.2) is 25.6 Å². The van der Waals surface area contributed by atoms with Crippen LogP contribution in [0.3, 0.4) is 0 Å². The molecule has 0 spiro atoms. The van der Waals surface area contributed by atoms with Crippen LogP contribution in [0.25, 0.3) is 0 Å². The Balaban J connectivity index is 1.89. The highest BCUT2D eigenvalue weighted by molar-refractivity contribution is 5.78. The molecule has 0 aromatic heterocycles. The summed E-state index contributed by atoms with van der Waals surface area (Å²) >= 11 is 0.